The highest BCUT2D eigenvalue weighted by molar-refractivity contribution is 5.92. The van der Waals surface area contributed by atoms with Crippen molar-refractivity contribution in [3.63, 3.8) is 0 Å². The lowest BCUT2D eigenvalue weighted by Crippen LogP contribution is -2.04. The maximum atomic E-state index is 12.0. The Balaban J connectivity index is 1.82. The Bertz CT molecular complexity index is 838. The molecule has 0 atom stereocenters. The number of aryl methyl sites for hydroxylation is 1. The molecule has 0 unspecified atom stereocenters. The molecule has 1 aromatic heterocycles. The number of esters is 1. The fourth-order valence-electron chi connectivity index (χ4n) is 2.17. The van der Waals surface area contributed by atoms with Crippen LogP contribution in [0.15, 0.2) is 66.7 Å². The van der Waals surface area contributed by atoms with Crippen molar-refractivity contribution in [2.75, 3.05) is 0 Å². The molecule has 0 aliphatic rings. The smallest absolute Gasteiger partial charge is 0.336 e. The van der Waals surface area contributed by atoms with Gasteiger partial charge in [-0.3, -0.25) is 0 Å². The Morgan fingerprint density at radius 3 is 2.64 bits per heavy atom. The van der Waals surface area contributed by atoms with Crippen LogP contribution >= 0.6 is 0 Å². The lowest BCUT2D eigenvalue weighted by molar-refractivity contribution is -0.128. The molecule has 0 aliphatic heterocycles. The topological polar surface area (TPSA) is 39.2 Å². The van der Waals surface area contributed by atoms with Crippen LogP contribution in [0.2, 0.25) is 0 Å². The molecule has 0 aliphatic carbocycles. The summed E-state index contributed by atoms with van der Waals surface area (Å²) in [6, 6.07) is 19.1. The van der Waals surface area contributed by atoms with E-state index in [1.807, 2.05) is 61.5 Å². The van der Waals surface area contributed by atoms with Crippen molar-refractivity contribution >= 4 is 22.9 Å². The number of carbonyl (C=O) groups is 1. The molecule has 0 spiro atoms. The zero-order chi connectivity index (χ0) is 15.4. The van der Waals surface area contributed by atoms with Crippen LogP contribution in [-0.4, -0.2) is 11.0 Å². The van der Waals surface area contributed by atoms with Crippen LogP contribution in [0.4, 0.5) is 0 Å². The zero-order valence-electron chi connectivity index (χ0n) is 12.2. The van der Waals surface area contributed by atoms with E-state index in [-0.39, 0.29) is 0 Å². The number of benzene rings is 2. The summed E-state index contributed by atoms with van der Waals surface area (Å²) in [6.07, 6.45) is 3.15. The molecule has 3 nitrogen and oxygen atoms in total. The summed E-state index contributed by atoms with van der Waals surface area (Å²) in [6.45, 7) is 1.91. The van der Waals surface area contributed by atoms with Gasteiger partial charge in [0.25, 0.3) is 0 Å². The summed E-state index contributed by atoms with van der Waals surface area (Å²) in [4.78, 5) is 16.4. The highest BCUT2D eigenvalue weighted by Gasteiger charge is 2.07. The van der Waals surface area contributed by atoms with Gasteiger partial charge in [0.2, 0.25) is 0 Å². The Morgan fingerprint density at radius 1 is 1.00 bits per heavy atom. The van der Waals surface area contributed by atoms with Gasteiger partial charge < -0.3 is 4.74 Å². The van der Waals surface area contributed by atoms with E-state index in [1.165, 1.54) is 6.08 Å². The van der Waals surface area contributed by atoms with Gasteiger partial charge in [0.1, 0.15) is 5.52 Å². The van der Waals surface area contributed by atoms with Crippen LogP contribution in [0.3, 0.4) is 0 Å². The van der Waals surface area contributed by atoms with E-state index >= 15 is 0 Å². The summed E-state index contributed by atoms with van der Waals surface area (Å²) in [5.41, 5.74) is 2.53. The number of para-hydroxylation sites is 1. The third kappa shape index (κ3) is 3.20. The van der Waals surface area contributed by atoms with Crippen molar-refractivity contribution in [1.82, 2.24) is 4.98 Å². The summed E-state index contributed by atoms with van der Waals surface area (Å²) in [5.74, 6) is 0.0589. The predicted molar refractivity (Wildman–Crippen MR) is 87.6 cm³/mol. The average Bonchev–Trinajstić information content (AvgIpc) is 2.54. The Morgan fingerprint density at radius 2 is 1.82 bits per heavy atom. The number of fused-ring (bicyclic) bond motifs is 1. The minimum Gasteiger partial charge on any atom is -0.421 e. The lowest BCUT2D eigenvalue weighted by atomic mass is 10.2. The molecule has 108 valence electrons. The van der Waals surface area contributed by atoms with Crippen molar-refractivity contribution in [3.8, 4) is 5.75 Å². The Hall–Kier alpha value is -2.94. The number of aromatic nitrogens is 1. The third-order valence-electron chi connectivity index (χ3n) is 3.24. The van der Waals surface area contributed by atoms with Crippen LogP contribution in [0.5, 0.6) is 5.75 Å². The summed E-state index contributed by atoms with van der Waals surface area (Å²) in [5, 5.41) is 0.947. The van der Waals surface area contributed by atoms with Crippen molar-refractivity contribution in [2.45, 2.75) is 6.92 Å². The van der Waals surface area contributed by atoms with Gasteiger partial charge in [-0.05, 0) is 30.7 Å². The molecule has 0 saturated heterocycles. The molecule has 22 heavy (non-hydrogen) atoms. The number of rotatable bonds is 3. The van der Waals surface area contributed by atoms with Gasteiger partial charge in [0.15, 0.2) is 5.75 Å². The number of nitrogens with zero attached hydrogens (tertiary/aromatic N) is 1. The maximum Gasteiger partial charge on any atom is 0.336 e. The molecule has 0 amide bonds. The van der Waals surface area contributed by atoms with E-state index in [2.05, 4.69) is 4.98 Å². The minimum absolute atomic E-state index is 0.417. The number of ether oxygens (including phenoxy) is 1. The molecular weight excluding hydrogens is 274 g/mol. The number of pyridine rings is 1. The van der Waals surface area contributed by atoms with Gasteiger partial charge >= 0.3 is 5.97 Å². The molecule has 0 bridgehead atoms. The van der Waals surface area contributed by atoms with Gasteiger partial charge in [0, 0.05) is 17.2 Å². The van der Waals surface area contributed by atoms with Crippen molar-refractivity contribution in [3.05, 3.63) is 78.0 Å². The van der Waals surface area contributed by atoms with Crippen LogP contribution in [0.25, 0.3) is 17.0 Å². The first-order valence-electron chi connectivity index (χ1n) is 7.04. The molecule has 2 aromatic carbocycles. The van der Waals surface area contributed by atoms with E-state index in [0.29, 0.717) is 11.3 Å². The van der Waals surface area contributed by atoms with E-state index in [4.69, 9.17) is 4.74 Å². The maximum absolute atomic E-state index is 12.0. The second kappa shape index (κ2) is 6.22. The molecule has 0 radical (unpaired) electrons. The van der Waals surface area contributed by atoms with Crippen LogP contribution in [0.1, 0.15) is 11.3 Å². The normalized spacial score (nSPS) is 11.0. The molecule has 3 heteroatoms. The fraction of sp³-hybridized carbons (Fsp3) is 0.0526. The van der Waals surface area contributed by atoms with Gasteiger partial charge in [0.05, 0.1) is 0 Å². The van der Waals surface area contributed by atoms with E-state index in [9.17, 15) is 4.79 Å². The largest absolute Gasteiger partial charge is 0.421 e. The molecule has 1 heterocycles. The highest BCUT2D eigenvalue weighted by Crippen LogP contribution is 2.24. The van der Waals surface area contributed by atoms with Gasteiger partial charge in [-0.25, -0.2) is 9.78 Å². The molecule has 0 fully saturated rings. The van der Waals surface area contributed by atoms with E-state index in [1.54, 1.807) is 12.1 Å². The van der Waals surface area contributed by atoms with Crippen LogP contribution < -0.4 is 4.74 Å². The van der Waals surface area contributed by atoms with Gasteiger partial charge in [-0.1, -0.05) is 48.5 Å². The first-order chi connectivity index (χ1) is 10.7. The average molecular weight is 289 g/mol. The molecule has 0 saturated carbocycles. The molecule has 0 N–H and O–H groups in total. The highest BCUT2D eigenvalue weighted by atomic mass is 16.5. The predicted octanol–water partition coefficient (Wildman–Crippen LogP) is 4.16. The first-order valence-corrected chi connectivity index (χ1v) is 7.04. The van der Waals surface area contributed by atoms with Crippen LogP contribution in [0, 0.1) is 6.92 Å². The molecular formula is C19H15NO2. The van der Waals surface area contributed by atoms with Gasteiger partial charge in [-0.15, -0.1) is 0 Å². The second-order valence-corrected chi connectivity index (χ2v) is 4.95. The SMILES string of the molecule is Cc1ccc2cccc(OC(=O)/C=C/c3ccccc3)c2n1. The summed E-state index contributed by atoms with van der Waals surface area (Å²) >= 11 is 0. The van der Waals surface area contributed by atoms with Crippen molar-refractivity contribution in [1.29, 1.82) is 0 Å². The standard InChI is InChI=1S/C19H15NO2/c1-14-10-12-16-8-5-9-17(19(16)20-14)22-18(21)13-11-15-6-3-2-4-7-15/h2-13H,1H3/b13-11+. The Kier molecular flexibility index (Phi) is 3.97. The number of hydrogen-bond donors (Lipinski definition) is 0. The lowest BCUT2D eigenvalue weighted by Gasteiger charge is -2.06. The van der Waals surface area contributed by atoms with E-state index in [0.717, 1.165) is 16.6 Å². The molecule has 3 rings (SSSR count). The summed E-state index contributed by atoms with van der Waals surface area (Å²) in [7, 11) is 0. The fourth-order valence-corrected chi connectivity index (χ4v) is 2.17. The third-order valence-corrected chi connectivity index (χ3v) is 3.24. The van der Waals surface area contributed by atoms with Crippen molar-refractivity contribution < 1.29 is 9.53 Å². The molecule has 3 aromatic rings. The quantitative estimate of drug-likeness (QED) is 0.413. The Labute approximate surface area is 128 Å². The number of hydrogen-bond acceptors (Lipinski definition) is 3. The monoisotopic (exact) mass is 289 g/mol. The number of carbonyl (C=O) groups excluding carboxylic acids is 1. The van der Waals surface area contributed by atoms with Crippen LogP contribution in [-0.2, 0) is 4.79 Å². The van der Waals surface area contributed by atoms with Crippen molar-refractivity contribution in [2.24, 2.45) is 0 Å². The minimum atomic E-state index is -0.417. The summed E-state index contributed by atoms with van der Waals surface area (Å²) < 4.78 is 5.42. The van der Waals surface area contributed by atoms with Gasteiger partial charge in [-0.2, -0.15) is 0 Å². The van der Waals surface area contributed by atoms with E-state index < -0.39 is 5.97 Å². The first kappa shape index (κ1) is 14.0. The zero-order valence-corrected chi connectivity index (χ0v) is 12.2. The second-order valence-electron chi connectivity index (χ2n) is 4.95.